The fourth-order valence-corrected chi connectivity index (χ4v) is 3.73. The number of ether oxygens (including phenoxy) is 3. The molecule has 0 amide bonds. The molecule has 1 heterocycles. The first-order chi connectivity index (χ1) is 16.7. The largest absolute Gasteiger partial charge is 0.494 e. The first kappa shape index (κ1) is 26.4. The van der Waals surface area contributed by atoms with E-state index in [1.54, 1.807) is 24.3 Å². The number of benzene rings is 2. The molecule has 0 spiro atoms. The molecule has 1 aromatic heterocycles. The number of halogens is 3. The fourth-order valence-electron chi connectivity index (χ4n) is 3.54. The van der Waals surface area contributed by atoms with E-state index in [1.807, 2.05) is 6.92 Å². The van der Waals surface area contributed by atoms with Gasteiger partial charge in [-0.3, -0.25) is 4.79 Å². The van der Waals surface area contributed by atoms with Crippen LogP contribution in [0.4, 0.5) is 8.78 Å². The average molecular weight is 504 g/mol. The lowest BCUT2D eigenvalue weighted by Gasteiger charge is -2.21. The van der Waals surface area contributed by atoms with Crippen molar-refractivity contribution in [2.75, 3.05) is 20.8 Å². The minimum absolute atomic E-state index is 0.0449. The molecule has 8 heteroatoms. The van der Waals surface area contributed by atoms with Crippen LogP contribution in [0, 0.1) is 5.82 Å². The van der Waals surface area contributed by atoms with Gasteiger partial charge in [-0.25, -0.2) is 13.8 Å². The molecule has 0 aliphatic rings. The summed E-state index contributed by atoms with van der Waals surface area (Å²) in [6, 6.07) is 12.2. The maximum atomic E-state index is 15.7. The molecule has 0 radical (unpaired) electrons. The molecule has 0 aliphatic heterocycles. The van der Waals surface area contributed by atoms with Crippen LogP contribution in [0.2, 0.25) is 5.02 Å². The van der Waals surface area contributed by atoms with Crippen molar-refractivity contribution >= 4 is 17.4 Å². The third-order valence-electron chi connectivity index (χ3n) is 5.57. The highest BCUT2D eigenvalue weighted by Crippen LogP contribution is 2.36. The van der Waals surface area contributed by atoms with Crippen molar-refractivity contribution in [1.29, 1.82) is 0 Å². The van der Waals surface area contributed by atoms with Gasteiger partial charge in [-0.05, 0) is 68.3 Å². The zero-order valence-electron chi connectivity index (χ0n) is 20.2. The van der Waals surface area contributed by atoms with Gasteiger partial charge in [-0.1, -0.05) is 18.5 Å². The first-order valence-corrected chi connectivity index (χ1v) is 11.6. The van der Waals surface area contributed by atoms with E-state index in [0.29, 0.717) is 40.7 Å². The average Bonchev–Trinajstić information content (AvgIpc) is 2.87. The third kappa shape index (κ3) is 6.28. The minimum atomic E-state index is -1.91. The van der Waals surface area contributed by atoms with Gasteiger partial charge >= 0.3 is 0 Å². The Morgan fingerprint density at radius 2 is 1.74 bits per heavy atom. The lowest BCUT2D eigenvalue weighted by atomic mass is 9.93. The Morgan fingerprint density at radius 1 is 1.03 bits per heavy atom. The molecule has 3 rings (SSSR count). The number of pyridine rings is 1. The molecule has 186 valence electrons. The molecule has 3 aromatic rings. The van der Waals surface area contributed by atoms with E-state index in [2.05, 4.69) is 4.98 Å². The van der Waals surface area contributed by atoms with Crippen LogP contribution in [0.3, 0.4) is 0 Å². The number of ketones is 1. The maximum absolute atomic E-state index is 15.7. The Balaban J connectivity index is 1.80. The lowest BCUT2D eigenvalue weighted by molar-refractivity contribution is 0.0929. The van der Waals surface area contributed by atoms with Gasteiger partial charge in [-0.15, -0.1) is 0 Å². The second kappa shape index (κ2) is 11.5. The summed E-state index contributed by atoms with van der Waals surface area (Å²) < 4.78 is 45.7. The minimum Gasteiger partial charge on any atom is -0.494 e. The van der Waals surface area contributed by atoms with Crippen LogP contribution in [-0.4, -0.2) is 31.6 Å². The van der Waals surface area contributed by atoms with Crippen LogP contribution in [-0.2, 0) is 5.67 Å². The van der Waals surface area contributed by atoms with E-state index < -0.39 is 11.5 Å². The van der Waals surface area contributed by atoms with Crippen molar-refractivity contribution in [3.8, 4) is 28.5 Å². The second-order valence-electron chi connectivity index (χ2n) is 8.21. The Labute approximate surface area is 209 Å². The van der Waals surface area contributed by atoms with Crippen molar-refractivity contribution in [2.45, 2.75) is 38.8 Å². The number of rotatable bonds is 11. The van der Waals surface area contributed by atoms with E-state index in [1.165, 1.54) is 45.4 Å². The highest BCUT2D eigenvalue weighted by molar-refractivity contribution is 6.31. The van der Waals surface area contributed by atoms with E-state index >= 15 is 4.39 Å². The number of aromatic nitrogens is 1. The third-order valence-corrected chi connectivity index (χ3v) is 5.86. The van der Waals surface area contributed by atoms with Gasteiger partial charge in [0.1, 0.15) is 22.9 Å². The molecule has 0 aliphatic carbocycles. The molecule has 35 heavy (non-hydrogen) atoms. The highest BCUT2D eigenvalue weighted by Gasteiger charge is 2.30. The maximum Gasteiger partial charge on any atom is 0.163 e. The summed E-state index contributed by atoms with van der Waals surface area (Å²) in [5, 5.41) is -0.0769. The number of carbonyl (C=O) groups is 1. The molecule has 5 nitrogen and oxygen atoms in total. The second-order valence-corrected chi connectivity index (χ2v) is 8.62. The molecule has 1 atom stereocenters. The lowest BCUT2D eigenvalue weighted by Crippen LogP contribution is -2.19. The van der Waals surface area contributed by atoms with Crippen molar-refractivity contribution < 1.29 is 27.8 Å². The van der Waals surface area contributed by atoms with E-state index in [9.17, 15) is 9.18 Å². The Hall–Kier alpha value is -3.19. The molecule has 0 fully saturated rings. The van der Waals surface area contributed by atoms with Crippen LogP contribution in [0.1, 0.15) is 49.2 Å². The summed E-state index contributed by atoms with van der Waals surface area (Å²) in [5.74, 6) is 0.596. The van der Waals surface area contributed by atoms with Gasteiger partial charge in [-0.2, -0.15) is 0 Å². The number of nitrogens with zero attached hydrogens (tertiary/aromatic N) is 1. The quantitative estimate of drug-likeness (QED) is 0.259. The number of carbonyl (C=O) groups excluding carboxylic acids is 1. The zero-order chi connectivity index (χ0) is 25.6. The summed E-state index contributed by atoms with van der Waals surface area (Å²) >= 11 is 5.92. The summed E-state index contributed by atoms with van der Waals surface area (Å²) in [7, 11) is 2.97. The molecule has 0 saturated heterocycles. The number of hydrogen-bond donors (Lipinski definition) is 0. The molecule has 2 aromatic carbocycles. The van der Waals surface area contributed by atoms with E-state index in [0.717, 1.165) is 6.42 Å². The Bertz CT molecular complexity index is 1200. The van der Waals surface area contributed by atoms with Gasteiger partial charge in [0.2, 0.25) is 0 Å². The van der Waals surface area contributed by atoms with Gasteiger partial charge in [0.15, 0.2) is 17.3 Å². The summed E-state index contributed by atoms with van der Waals surface area (Å²) in [4.78, 5) is 17.3. The van der Waals surface area contributed by atoms with Crippen LogP contribution >= 0.6 is 11.6 Å². The topological polar surface area (TPSA) is 57.7 Å². The normalized spacial score (nSPS) is 12.7. The highest BCUT2D eigenvalue weighted by atomic mass is 35.5. The number of Topliss-reactive ketones (excluding diaryl/α,β-unsaturated/α-hetero) is 1. The Morgan fingerprint density at radius 3 is 2.40 bits per heavy atom. The van der Waals surface area contributed by atoms with Gasteiger partial charge < -0.3 is 14.2 Å². The molecule has 1 unspecified atom stereocenters. The Kier molecular flexibility index (Phi) is 8.67. The standard InChI is InChI=1S/C27H28ClF2NO4/c1-5-14-35-22-9-7-17(16-24(22)34-4)21(32)12-13-27(2,30)25-11-10-23(33-3)26(31-25)18-6-8-20(29)19(28)15-18/h6-11,15-16H,5,12-14H2,1-4H3. The summed E-state index contributed by atoms with van der Waals surface area (Å²) in [6.45, 7) is 3.90. The van der Waals surface area contributed by atoms with Crippen molar-refractivity contribution in [2.24, 2.45) is 0 Å². The van der Waals surface area contributed by atoms with Gasteiger partial charge in [0.05, 0.1) is 31.5 Å². The van der Waals surface area contributed by atoms with Crippen molar-refractivity contribution in [1.82, 2.24) is 4.98 Å². The predicted octanol–water partition coefficient (Wildman–Crippen LogP) is 7.19. The monoisotopic (exact) mass is 503 g/mol. The van der Waals surface area contributed by atoms with Crippen LogP contribution in [0.5, 0.6) is 17.2 Å². The zero-order valence-corrected chi connectivity index (χ0v) is 20.9. The van der Waals surface area contributed by atoms with Crippen LogP contribution < -0.4 is 14.2 Å². The smallest absolute Gasteiger partial charge is 0.163 e. The molecule has 0 bridgehead atoms. The van der Waals surface area contributed by atoms with Crippen molar-refractivity contribution in [3.05, 3.63) is 70.6 Å². The predicted molar refractivity (Wildman–Crippen MR) is 132 cm³/mol. The molecular formula is C27H28ClF2NO4. The van der Waals surface area contributed by atoms with E-state index in [4.69, 9.17) is 25.8 Å². The molecular weight excluding hydrogens is 476 g/mol. The summed E-state index contributed by atoms with van der Waals surface area (Å²) in [6.07, 6.45) is 0.705. The molecule has 0 saturated carbocycles. The first-order valence-electron chi connectivity index (χ1n) is 11.2. The van der Waals surface area contributed by atoms with Crippen molar-refractivity contribution in [3.63, 3.8) is 0 Å². The molecule has 0 N–H and O–H groups in total. The van der Waals surface area contributed by atoms with Gasteiger partial charge in [0, 0.05) is 17.5 Å². The number of methoxy groups -OCH3 is 2. The number of alkyl halides is 1. The SMILES string of the molecule is CCCOc1ccc(C(=O)CCC(C)(F)c2ccc(OC)c(-c3ccc(F)c(Cl)c3)n2)cc1OC. The van der Waals surface area contributed by atoms with Crippen LogP contribution in [0.15, 0.2) is 48.5 Å². The summed E-state index contributed by atoms with van der Waals surface area (Å²) in [5.41, 5.74) is -0.559. The fraction of sp³-hybridized carbons (Fsp3) is 0.333. The van der Waals surface area contributed by atoms with E-state index in [-0.39, 0.29) is 29.3 Å². The van der Waals surface area contributed by atoms with Crippen LogP contribution in [0.25, 0.3) is 11.3 Å². The van der Waals surface area contributed by atoms with Gasteiger partial charge in [0.25, 0.3) is 0 Å². The number of hydrogen-bond acceptors (Lipinski definition) is 5.